The Morgan fingerprint density at radius 1 is 0.684 bits per heavy atom. The second-order valence-electron chi connectivity index (χ2n) is 31.1. The minimum atomic E-state index is -1.74. The van der Waals surface area contributed by atoms with Crippen molar-refractivity contribution < 1.29 is 62.6 Å². The van der Waals surface area contributed by atoms with Crippen molar-refractivity contribution in [3.05, 3.63) is 83.2 Å². The molecule has 0 radical (unpaired) electrons. The van der Waals surface area contributed by atoms with Crippen molar-refractivity contribution in [2.24, 2.45) is 78.3 Å². The number of unbranched alkanes of at least 4 members (excludes halogenated alkanes) is 1. The summed E-state index contributed by atoms with van der Waals surface area (Å²) >= 11 is 1.41. The van der Waals surface area contributed by atoms with E-state index in [1.54, 1.807) is 40.7 Å². The van der Waals surface area contributed by atoms with Gasteiger partial charge < -0.3 is 87.4 Å². The molecule has 0 spiro atoms. The van der Waals surface area contributed by atoms with Crippen LogP contribution in [0.4, 0.5) is 0 Å². The van der Waals surface area contributed by atoms with Crippen molar-refractivity contribution in [1.29, 1.82) is 5.41 Å². The second-order valence-corrected chi connectivity index (χ2v) is 35.0. The van der Waals surface area contributed by atoms with Gasteiger partial charge in [-0.15, -0.1) is 11.3 Å². The Bertz CT molecular complexity index is 4150. The Morgan fingerprint density at radius 2 is 1.29 bits per heavy atom. The number of carbonyl (C=O) groups excluding carboxylic acids is 12. The van der Waals surface area contributed by atoms with Gasteiger partial charge in [-0.05, 0) is 142 Å². The maximum atomic E-state index is 16.1. The van der Waals surface area contributed by atoms with Gasteiger partial charge in [-0.25, -0.2) is 0 Å². The molecule has 0 aliphatic carbocycles. The monoisotopic (exact) mass is 1640 g/mol. The number of guanidine groups is 3. The molecule has 624 valence electrons. The second kappa shape index (κ2) is 44.8. The number of ketones is 4. The van der Waals surface area contributed by atoms with Crippen LogP contribution in [-0.4, -0.2) is 195 Å². The minimum Gasteiger partial charge on any atom is -0.391 e. The molecule has 1 aromatic heterocycles. The number of fused-ring (bicyclic) bond motifs is 3. The van der Waals surface area contributed by atoms with E-state index in [9.17, 15) is 29.1 Å². The van der Waals surface area contributed by atoms with Gasteiger partial charge in [-0.3, -0.25) is 77.9 Å². The Hall–Kier alpha value is -9.74. The van der Waals surface area contributed by atoms with Crippen molar-refractivity contribution >= 4 is 148 Å². The van der Waals surface area contributed by atoms with Crippen molar-refractivity contribution in [3.8, 4) is 0 Å². The van der Waals surface area contributed by atoms with E-state index in [0.717, 1.165) is 42.4 Å². The first-order chi connectivity index (χ1) is 53.8. The quantitative estimate of drug-likeness (QED) is 0.0149. The summed E-state index contributed by atoms with van der Waals surface area (Å²) in [5.41, 5.74) is 40.3. The number of hydrogen-bond acceptors (Lipinski definition) is 20. The third kappa shape index (κ3) is 29.6. The number of amidine groups is 1. The van der Waals surface area contributed by atoms with E-state index in [1.165, 1.54) is 37.0 Å². The van der Waals surface area contributed by atoms with Crippen LogP contribution in [0.15, 0.2) is 87.1 Å². The standard InChI is InChI=1S/C79H117N19O13S3/c1-44(99)65(62(104)41-52(24-19-34-90-77(86)87)69(106)96-66(45(2)100)78(4,5)6)95-73(110)67-79(7,8)114-113-43-58(91-46(3)101)61(103)39-50(22-17-32-88-75(82)83)60(102)40-51(23-18-33-89-76(84)85)68(105)92-55(26-12-14-29-64(80)81)70(107)93-56(37-47-30-31-48-20-9-10-21-49(48)36-47)71(108)94-57(38-53-42-112-63-28-13-11-25-54(53)63)74(111)98-35-16-15-27-59(98)72(109)97-67/h9-11,13,20-21,25,28,30-31,36,42,44,50-52,55-59,65-67,99H,12,14-19,22-24,26-27,29,32-35,37-41,43H2,1-8H3,(H3,80,81)(H,91,101)(H,92,105)(H,93,107)(H,94,108)(H,95,110)(H,96,106)(H,97,109)(H4,82,83,88)(H4,84,85,89)(H4,86,87,90)/t44?,50-,51+,52+,55-,56-,57-,58-,59-,65-,66+,67+/m0/s1. The number of nitrogens with one attached hydrogen (secondary N) is 8. The van der Waals surface area contributed by atoms with Crippen LogP contribution in [0, 0.1) is 28.6 Å². The van der Waals surface area contributed by atoms with Gasteiger partial charge in [-0.2, -0.15) is 0 Å². The number of nitrogens with two attached hydrogens (primary N) is 7. The minimum absolute atomic E-state index is 0.0131. The van der Waals surface area contributed by atoms with Gasteiger partial charge in [0, 0.05) is 105 Å². The highest BCUT2D eigenvalue weighted by atomic mass is 33.1. The Balaban J connectivity index is 1.53. The highest BCUT2D eigenvalue weighted by Gasteiger charge is 2.45. The van der Waals surface area contributed by atoms with Gasteiger partial charge in [0.25, 0.3) is 0 Å². The molecule has 3 aromatic carbocycles. The lowest BCUT2D eigenvalue weighted by Crippen LogP contribution is -2.64. The van der Waals surface area contributed by atoms with E-state index in [-0.39, 0.29) is 138 Å². The number of piperidine rings is 1. The molecule has 114 heavy (non-hydrogen) atoms. The normalized spacial score (nSPS) is 21.7. The van der Waals surface area contributed by atoms with Gasteiger partial charge in [0.05, 0.1) is 24.0 Å². The van der Waals surface area contributed by atoms with Crippen molar-refractivity contribution in [2.75, 3.05) is 31.9 Å². The smallest absolute Gasteiger partial charge is 0.246 e. The lowest BCUT2D eigenvalue weighted by molar-refractivity contribution is -0.146. The molecule has 4 aromatic rings. The van der Waals surface area contributed by atoms with Crippen LogP contribution in [0.5, 0.6) is 0 Å². The third-order valence-corrected chi connectivity index (χ3v) is 24.5. The molecule has 2 fully saturated rings. The van der Waals surface area contributed by atoms with Crippen LogP contribution >= 0.6 is 32.9 Å². The number of hydrogen-bond donors (Lipinski definition) is 16. The highest BCUT2D eigenvalue weighted by Crippen LogP contribution is 2.40. The van der Waals surface area contributed by atoms with Gasteiger partial charge in [-0.1, -0.05) is 109 Å². The molecule has 35 heteroatoms. The molecule has 1 unspecified atom stereocenters. The van der Waals surface area contributed by atoms with Crippen molar-refractivity contribution in [2.45, 2.75) is 230 Å². The predicted molar refractivity (Wildman–Crippen MR) is 447 cm³/mol. The summed E-state index contributed by atoms with van der Waals surface area (Å²) in [5.74, 6) is -13.0. The number of aliphatic imine (C=N–C) groups is 3. The fourth-order valence-corrected chi connectivity index (χ4v) is 18.0. The maximum Gasteiger partial charge on any atom is 0.246 e. The zero-order valence-electron chi connectivity index (χ0n) is 66.5. The van der Waals surface area contributed by atoms with E-state index < -0.39 is 166 Å². The van der Waals surface area contributed by atoms with Crippen LogP contribution in [0.3, 0.4) is 0 Å². The number of nitrogens with zero attached hydrogens (tertiary/aromatic N) is 4. The van der Waals surface area contributed by atoms with E-state index >= 15 is 33.6 Å². The summed E-state index contributed by atoms with van der Waals surface area (Å²) in [7, 11) is 2.02. The summed E-state index contributed by atoms with van der Waals surface area (Å²) < 4.78 is -0.634. The largest absolute Gasteiger partial charge is 0.391 e. The van der Waals surface area contributed by atoms with Crippen LogP contribution in [0.25, 0.3) is 20.9 Å². The third-order valence-electron chi connectivity index (χ3n) is 20.2. The molecular formula is C79H117N19O13S3. The molecule has 8 amide bonds. The van der Waals surface area contributed by atoms with E-state index in [4.69, 9.17) is 45.5 Å². The van der Waals surface area contributed by atoms with Gasteiger partial charge in [0.15, 0.2) is 35.2 Å². The Kier molecular flexibility index (Phi) is 36.6. The van der Waals surface area contributed by atoms with E-state index in [0.29, 0.717) is 30.4 Å². The Labute approximate surface area is 677 Å². The number of Topliss-reactive ketones (excluding diaryl/α,β-unsaturated/α-hetero) is 4. The number of aliphatic hydroxyl groups is 1. The average Bonchev–Trinajstić information content (AvgIpc) is 1.06. The molecule has 2 aliphatic heterocycles. The first kappa shape index (κ1) is 93.1. The summed E-state index contributed by atoms with van der Waals surface area (Å²) in [4.78, 5) is 193. The lowest BCUT2D eigenvalue weighted by atomic mass is 9.83. The fourth-order valence-electron chi connectivity index (χ4n) is 14.1. The summed E-state index contributed by atoms with van der Waals surface area (Å²) in [6, 6.07) is 9.14. The molecule has 0 bridgehead atoms. The summed E-state index contributed by atoms with van der Waals surface area (Å²) in [5, 5.41) is 43.8. The van der Waals surface area contributed by atoms with Crippen molar-refractivity contribution in [1.82, 2.24) is 42.1 Å². The van der Waals surface area contributed by atoms with Gasteiger partial charge in [0.1, 0.15) is 42.0 Å². The van der Waals surface area contributed by atoms with Crippen LogP contribution < -0.4 is 77.4 Å². The number of aliphatic hydroxyl groups excluding tert-OH is 1. The molecule has 23 N–H and O–H groups in total. The molecule has 6 rings (SSSR count). The number of carbonyl (C=O) groups is 12. The molecule has 32 nitrogen and oxygen atoms in total. The Morgan fingerprint density at radius 3 is 1.92 bits per heavy atom. The number of thiophene rings is 1. The van der Waals surface area contributed by atoms with E-state index in [1.807, 2.05) is 66.0 Å². The number of benzene rings is 3. The molecular weight excluding hydrogens is 1520 g/mol. The van der Waals surface area contributed by atoms with E-state index in [2.05, 4.69) is 52.2 Å². The number of rotatable bonds is 31. The molecule has 0 saturated carbocycles. The van der Waals surface area contributed by atoms with Crippen LogP contribution in [0.1, 0.15) is 169 Å². The zero-order chi connectivity index (χ0) is 84.1. The average molecular weight is 1640 g/mol. The molecule has 3 heterocycles. The number of amides is 8. The SMILES string of the molecule is CC(=O)N[C@H]1CSSC(C)(C)[C@@H](C(=O)N[C@H](C(=O)C[C@@H](CCCN=C(N)N)C(=O)N[C@H](C(C)=O)C(C)(C)C)C(C)O)NC(=O)[C@@H]2CCCCN2C(=O)[C@H](Cc2csc3ccccc23)NC(=O)[C@H](Cc2ccc3ccccc3c2)NC(=O)[C@H](CCCCC(=N)N)NC(=O)[C@H](CCCN=C(N)N)CC(=O)[C@@H](CCCN=C(N)N)CC1=O. The first-order valence-electron chi connectivity index (χ1n) is 38.7. The fraction of sp³-hybridized carbons (Fsp3) is 0.570. The van der Waals surface area contributed by atoms with Crippen LogP contribution in [0.2, 0.25) is 0 Å². The predicted octanol–water partition coefficient (Wildman–Crippen LogP) is 3.21. The maximum absolute atomic E-state index is 16.1. The van der Waals surface area contributed by atoms with Gasteiger partial charge >= 0.3 is 0 Å². The topological polar surface area (TPSA) is 556 Å². The molecule has 2 saturated heterocycles. The zero-order valence-corrected chi connectivity index (χ0v) is 69.0. The molecule has 2 aliphatic rings. The highest BCUT2D eigenvalue weighted by molar-refractivity contribution is 8.77. The molecule has 12 atom stereocenters. The lowest BCUT2D eigenvalue weighted by Gasteiger charge is -2.40. The van der Waals surface area contributed by atoms with Crippen LogP contribution in [-0.2, 0) is 70.4 Å². The summed E-state index contributed by atoms with van der Waals surface area (Å²) in [6.45, 7) is 12.4. The summed E-state index contributed by atoms with van der Waals surface area (Å²) in [6.07, 6.45) is -1.41. The van der Waals surface area contributed by atoms with Gasteiger partial charge in [0.2, 0.25) is 47.3 Å². The van der Waals surface area contributed by atoms with Crippen molar-refractivity contribution in [3.63, 3.8) is 0 Å². The first-order valence-corrected chi connectivity index (χ1v) is 41.9.